The summed E-state index contributed by atoms with van der Waals surface area (Å²) >= 11 is 0. The molecule has 112 valence electrons. The predicted molar refractivity (Wildman–Crippen MR) is 80.3 cm³/mol. The van der Waals surface area contributed by atoms with Gasteiger partial charge in [0.15, 0.2) is 5.82 Å². The first-order chi connectivity index (χ1) is 10.7. The van der Waals surface area contributed by atoms with Gasteiger partial charge in [-0.2, -0.15) is 4.98 Å². The summed E-state index contributed by atoms with van der Waals surface area (Å²) in [5, 5.41) is 4.78. The predicted octanol–water partition coefficient (Wildman–Crippen LogP) is 2.84. The standard InChI is InChI=1S/C16H16N4O2/c1-10-18-15(22-19-10)14-7-4-8-20(14)16(21)12-9-17-13-6-3-2-5-11(12)13/h2-3,5-6,9,14,17H,4,7-8H2,1H3. The zero-order valence-corrected chi connectivity index (χ0v) is 12.2. The number of hydrogen-bond acceptors (Lipinski definition) is 4. The van der Waals surface area contributed by atoms with Crippen molar-refractivity contribution >= 4 is 16.8 Å². The lowest BCUT2D eigenvalue weighted by Gasteiger charge is -2.21. The van der Waals surface area contributed by atoms with Gasteiger partial charge in [-0.3, -0.25) is 4.79 Å². The molecule has 4 rings (SSSR count). The van der Waals surface area contributed by atoms with E-state index in [0.717, 1.165) is 23.7 Å². The molecule has 1 N–H and O–H groups in total. The number of para-hydroxylation sites is 1. The monoisotopic (exact) mass is 296 g/mol. The van der Waals surface area contributed by atoms with Crippen LogP contribution in [0.15, 0.2) is 35.0 Å². The molecular formula is C16H16N4O2. The molecule has 1 atom stereocenters. The van der Waals surface area contributed by atoms with E-state index in [0.29, 0.717) is 23.8 Å². The summed E-state index contributed by atoms with van der Waals surface area (Å²) in [6, 6.07) is 7.70. The number of carbonyl (C=O) groups excluding carboxylic acids is 1. The molecule has 0 aliphatic carbocycles. The van der Waals surface area contributed by atoms with Crippen molar-refractivity contribution in [1.82, 2.24) is 20.0 Å². The number of nitrogens with zero attached hydrogens (tertiary/aromatic N) is 3. The molecule has 1 aromatic carbocycles. The number of nitrogens with one attached hydrogen (secondary N) is 1. The van der Waals surface area contributed by atoms with Gasteiger partial charge in [0.2, 0.25) is 5.89 Å². The highest BCUT2D eigenvalue weighted by atomic mass is 16.5. The number of carbonyl (C=O) groups is 1. The molecule has 6 heteroatoms. The lowest BCUT2D eigenvalue weighted by atomic mass is 10.1. The average molecular weight is 296 g/mol. The van der Waals surface area contributed by atoms with Crippen LogP contribution in [0, 0.1) is 6.92 Å². The Morgan fingerprint density at radius 3 is 3.09 bits per heavy atom. The maximum Gasteiger partial charge on any atom is 0.256 e. The SMILES string of the molecule is Cc1noc(C2CCCN2C(=O)c2c[nH]c3ccccc23)n1. The molecule has 1 fully saturated rings. The van der Waals surface area contributed by atoms with E-state index < -0.39 is 0 Å². The van der Waals surface area contributed by atoms with Gasteiger partial charge in [-0.15, -0.1) is 0 Å². The molecule has 1 saturated heterocycles. The second-order valence-electron chi connectivity index (χ2n) is 5.58. The third-order valence-corrected chi connectivity index (χ3v) is 4.16. The van der Waals surface area contributed by atoms with Crippen molar-refractivity contribution in [1.29, 1.82) is 0 Å². The Kier molecular flexibility index (Phi) is 2.96. The molecule has 22 heavy (non-hydrogen) atoms. The lowest BCUT2D eigenvalue weighted by Crippen LogP contribution is -2.30. The van der Waals surface area contributed by atoms with Crippen LogP contribution in [-0.2, 0) is 0 Å². The fraction of sp³-hybridized carbons (Fsp3) is 0.312. The Bertz CT molecular complexity index is 835. The van der Waals surface area contributed by atoms with Crippen LogP contribution >= 0.6 is 0 Å². The van der Waals surface area contributed by atoms with E-state index in [4.69, 9.17) is 4.52 Å². The fourth-order valence-electron chi connectivity index (χ4n) is 3.12. The van der Waals surface area contributed by atoms with Crippen LogP contribution in [0.25, 0.3) is 10.9 Å². The van der Waals surface area contributed by atoms with Gasteiger partial charge in [-0.1, -0.05) is 23.4 Å². The zero-order chi connectivity index (χ0) is 15.1. The summed E-state index contributed by atoms with van der Waals surface area (Å²) in [4.78, 5) is 22.2. The highest BCUT2D eigenvalue weighted by Gasteiger charge is 2.35. The Labute approximate surface area is 127 Å². The summed E-state index contributed by atoms with van der Waals surface area (Å²) < 4.78 is 5.27. The minimum atomic E-state index is -0.123. The van der Waals surface area contributed by atoms with E-state index in [1.165, 1.54) is 0 Å². The molecule has 6 nitrogen and oxygen atoms in total. The minimum Gasteiger partial charge on any atom is -0.360 e. The molecule has 1 amide bonds. The minimum absolute atomic E-state index is 0.0100. The summed E-state index contributed by atoms with van der Waals surface area (Å²) in [6.07, 6.45) is 3.58. The fourth-order valence-corrected chi connectivity index (χ4v) is 3.12. The van der Waals surface area contributed by atoms with Crippen LogP contribution in [-0.4, -0.2) is 32.5 Å². The van der Waals surface area contributed by atoms with Crippen LogP contribution in [0.5, 0.6) is 0 Å². The van der Waals surface area contributed by atoms with Gasteiger partial charge in [-0.05, 0) is 25.8 Å². The third kappa shape index (κ3) is 1.99. The molecule has 0 saturated carbocycles. The lowest BCUT2D eigenvalue weighted by molar-refractivity contribution is 0.0712. The molecule has 1 unspecified atom stereocenters. The van der Waals surface area contributed by atoms with E-state index in [9.17, 15) is 4.79 Å². The molecule has 3 heterocycles. The molecule has 0 bridgehead atoms. The van der Waals surface area contributed by atoms with Gasteiger partial charge in [0, 0.05) is 23.6 Å². The Morgan fingerprint density at radius 2 is 2.27 bits per heavy atom. The number of aromatic nitrogens is 3. The number of aromatic amines is 1. The molecule has 0 radical (unpaired) electrons. The second-order valence-corrected chi connectivity index (χ2v) is 5.58. The maximum atomic E-state index is 12.9. The van der Waals surface area contributed by atoms with Crippen molar-refractivity contribution in [3.8, 4) is 0 Å². The van der Waals surface area contributed by atoms with Crippen molar-refractivity contribution in [2.24, 2.45) is 0 Å². The zero-order valence-electron chi connectivity index (χ0n) is 12.2. The van der Waals surface area contributed by atoms with E-state index in [2.05, 4.69) is 15.1 Å². The molecule has 2 aromatic heterocycles. The summed E-state index contributed by atoms with van der Waals surface area (Å²) in [5.74, 6) is 1.14. The normalized spacial score (nSPS) is 18.2. The number of likely N-dealkylation sites (tertiary alicyclic amines) is 1. The van der Waals surface area contributed by atoms with Crippen LogP contribution in [0.1, 0.15) is 41.0 Å². The summed E-state index contributed by atoms with van der Waals surface area (Å²) in [7, 11) is 0. The summed E-state index contributed by atoms with van der Waals surface area (Å²) in [6.45, 7) is 2.50. The van der Waals surface area contributed by atoms with Crippen molar-refractivity contribution in [3.05, 3.63) is 47.7 Å². The van der Waals surface area contributed by atoms with Crippen LogP contribution in [0.4, 0.5) is 0 Å². The van der Waals surface area contributed by atoms with Crippen molar-refractivity contribution in [2.45, 2.75) is 25.8 Å². The van der Waals surface area contributed by atoms with E-state index in [1.54, 1.807) is 13.1 Å². The molecule has 0 spiro atoms. The number of fused-ring (bicyclic) bond motifs is 1. The molecule has 1 aliphatic heterocycles. The number of amides is 1. The van der Waals surface area contributed by atoms with Crippen molar-refractivity contribution in [3.63, 3.8) is 0 Å². The number of H-pyrrole nitrogens is 1. The highest BCUT2D eigenvalue weighted by molar-refractivity contribution is 6.06. The quantitative estimate of drug-likeness (QED) is 0.789. The van der Waals surface area contributed by atoms with E-state index in [-0.39, 0.29) is 11.9 Å². The van der Waals surface area contributed by atoms with Crippen LogP contribution in [0.3, 0.4) is 0 Å². The van der Waals surface area contributed by atoms with Crippen LogP contribution in [0.2, 0.25) is 0 Å². The topological polar surface area (TPSA) is 75.0 Å². The largest absolute Gasteiger partial charge is 0.360 e. The van der Waals surface area contributed by atoms with Crippen molar-refractivity contribution < 1.29 is 9.32 Å². The van der Waals surface area contributed by atoms with Crippen LogP contribution < -0.4 is 0 Å². The first-order valence-electron chi connectivity index (χ1n) is 7.41. The highest BCUT2D eigenvalue weighted by Crippen LogP contribution is 2.33. The number of rotatable bonds is 2. The Balaban J connectivity index is 1.69. The first kappa shape index (κ1) is 13.1. The van der Waals surface area contributed by atoms with Gasteiger partial charge >= 0.3 is 0 Å². The Hall–Kier alpha value is -2.63. The van der Waals surface area contributed by atoms with Gasteiger partial charge < -0.3 is 14.4 Å². The third-order valence-electron chi connectivity index (χ3n) is 4.16. The number of benzene rings is 1. The smallest absolute Gasteiger partial charge is 0.256 e. The molecule has 3 aromatic rings. The van der Waals surface area contributed by atoms with Gasteiger partial charge in [0.05, 0.1) is 5.56 Å². The number of aryl methyl sites for hydroxylation is 1. The number of hydrogen-bond donors (Lipinski definition) is 1. The van der Waals surface area contributed by atoms with E-state index in [1.807, 2.05) is 29.2 Å². The maximum absolute atomic E-state index is 12.9. The second kappa shape index (κ2) is 4.98. The van der Waals surface area contributed by atoms with Gasteiger partial charge in [0.1, 0.15) is 6.04 Å². The van der Waals surface area contributed by atoms with Crippen molar-refractivity contribution in [2.75, 3.05) is 6.54 Å². The van der Waals surface area contributed by atoms with E-state index >= 15 is 0 Å². The molecule has 1 aliphatic rings. The average Bonchev–Trinajstić information content (AvgIpc) is 3.25. The summed E-state index contributed by atoms with van der Waals surface area (Å²) in [5.41, 5.74) is 1.66. The molecular weight excluding hydrogens is 280 g/mol. The van der Waals surface area contributed by atoms with Gasteiger partial charge in [-0.25, -0.2) is 0 Å². The first-order valence-corrected chi connectivity index (χ1v) is 7.41. The van der Waals surface area contributed by atoms with Gasteiger partial charge in [0.25, 0.3) is 5.91 Å². The Morgan fingerprint density at radius 1 is 1.41 bits per heavy atom.